The van der Waals surface area contributed by atoms with Gasteiger partial charge in [-0.2, -0.15) is 0 Å². The van der Waals surface area contributed by atoms with E-state index >= 15 is 0 Å². The van der Waals surface area contributed by atoms with Gasteiger partial charge >= 0.3 is 0 Å². The molecule has 0 radical (unpaired) electrons. The molecule has 0 saturated heterocycles. The molecule has 0 spiro atoms. The molecule has 0 saturated carbocycles. The second-order valence-electron chi connectivity index (χ2n) is 4.79. The number of hydrogen-bond donors (Lipinski definition) is 1. The lowest BCUT2D eigenvalue weighted by Gasteiger charge is -2.23. The Hall–Kier alpha value is -0.740. The second-order valence-corrected chi connectivity index (χ2v) is 5.59. The molecule has 0 aliphatic heterocycles. The van der Waals surface area contributed by atoms with Crippen LogP contribution in [0.4, 0.5) is 0 Å². The maximum absolute atomic E-state index is 5.55. The van der Waals surface area contributed by atoms with Gasteiger partial charge in [0.2, 0.25) is 0 Å². The first kappa shape index (κ1) is 16.3. The molecule has 0 aliphatic carbocycles. The van der Waals surface area contributed by atoms with Gasteiger partial charge in [-0.1, -0.05) is 20.3 Å². The Bertz CT molecular complexity index is 409. The van der Waals surface area contributed by atoms with E-state index in [-0.39, 0.29) is 6.04 Å². The number of halogens is 1. The molecule has 2 unspecified atom stereocenters. The summed E-state index contributed by atoms with van der Waals surface area (Å²) in [5, 5.41) is 3.38. The lowest BCUT2D eigenvalue weighted by molar-refractivity contribution is 0.368. The minimum Gasteiger partial charge on any atom is -0.495 e. The van der Waals surface area contributed by atoms with Crippen LogP contribution in [0.1, 0.15) is 38.3 Å². The van der Waals surface area contributed by atoms with E-state index in [1.165, 1.54) is 6.42 Å². The van der Waals surface area contributed by atoms with Gasteiger partial charge in [-0.15, -0.1) is 0 Å². The topological polar surface area (TPSA) is 30.5 Å². The highest BCUT2D eigenvalue weighted by atomic mass is 79.9. The molecule has 1 aromatic rings. The summed E-state index contributed by atoms with van der Waals surface area (Å²) >= 11 is 3.56. The summed E-state index contributed by atoms with van der Waals surface area (Å²) in [6, 6.07) is 4.33. The molecule has 19 heavy (non-hydrogen) atoms. The molecule has 3 nitrogen and oxygen atoms in total. The number of nitrogens with one attached hydrogen (secondary N) is 1. The summed E-state index contributed by atoms with van der Waals surface area (Å²) in [4.78, 5) is 0. The van der Waals surface area contributed by atoms with Crippen LogP contribution < -0.4 is 14.8 Å². The van der Waals surface area contributed by atoms with Gasteiger partial charge in [-0.05, 0) is 47.4 Å². The van der Waals surface area contributed by atoms with Crippen molar-refractivity contribution < 1.29 is 9.47 Å². The Morgan fingerprint density at radius 2 is 1.95 bits per heavy atom. The van der Waals surface area contributed by atoms with E-state index in [1.807, 2.05) is 13.1 Å². The molecule has 2 atom stereocenters. The third kappa shape index (κ3) is 3.86. The molecule has 108 valence electrons. The van der Waals surface area contributed by atoms with Crippen LogP contribution in [0.3, 0.4) is 0 Å². The molecule has 0 aromatic heterocycles. The molecule has 0 aliphatic rings. The van der Waals surface area contributed by atoms with Crippen LogP contribution in [-0.2, 0) is 0 Å². The molecule has 4 heteroatoms. The summed E-state index contributed by atoms with van der Waals surface area (Å²) in [5.41, 5.74) is 1.16. The maximum atomic E-state index is 5.55. The van der Waals surface area contributed by atoms with Crippen molar-refractivity contribution in [1.29, 1.82) is 0 Å². The molecule has 1 N–H and O–H groups in total. The van der Waals surface area contributed by atoms with Crippen LogP contribution in [0.15, 0.2) is 16.6 Å². The van der Waals surface area contributed by atoms with Crippen molar-refractivity contribution in [2.75, 3.05) is 21.3 Å². The minimum absolute atomic E-state index is 0.284. The van der Waals surface area contributed by atoms with Gasteiger partial charge in [0, 0.05) is 11.6 Å². The zero-order chi connectivity index (χ0) is 14.4. The van der Waals surface area contributed by atoms with Crippen molar-refractivity contribution in [2.45, 2.75) is 32.7 Å². The summed E-state index contributed by atoms with van der Waals surface area (Å²) in [6.45, 7) is 4.49. The van der Waals surface area contributed by atoms with Gasteiger partial charge in [0.25, 0.3) is 0 Å². The summed E-state index contributed by atoms with van der Waals surface area (Å²) in [7, 11) is 5.34. The largest absolute Gasteiger partial charge is 0.495 e. The monoisotopic (exact) mass is 329 g/mol. The first-order valence-corrected chi connectivity index (χ1v) is 7.45. The third-order valence-corrected chi connectivity index (χ3v) is 4.33. The Kier molecular flexibility index (Phi) is 6.66. The van der Waals surface area contributed by atoms with E-state index < -0.39 is 0 Å². The Balaban J connectivity index is 3.13. The second kappa shape index (κ2) is 7.75. The average Bonchev–Trinajstić information content (AvgIpc) is 2.44. The summed E-state index contributed by atoms with van der Waals surface area (Å²) < 4.78 is 11.7. The first-order chi connectivity index (χ1) is 9.08. The van der Waals surface area contributed by atoms with E-state index in [0.29, 0.717) is 5.92 Å². The fourth-order valence-corrected chi connectivity index (χ4v) is 2.85. The maximum Gasteiger partial charge on any atom is 0.141 e. The van der Waals surface area contributed by atoms with Crippen molar-refractivity contribution in [1.82, 2.24) is 5.32 Å². The predicted octanol–water partition coefficient (Wildman–Crippen LogP) is 4.16. The average molecular weight is 330 g/mol. The molecule has 1 rings (SSSR count). The van der Waals surface area contributed by atoms with Crippen LogP contribution in [0.2, 0.25) is 0 Å². The number of methoxy groups -OCH3 is 2. The van der Waals surface area contributed by atoms with Gasteiger partial charge in [-0.3, -0.25) is 0 Å². The number of ether oxygens (including phenoxy) is 2. The van der Waals surface area contributed by atoms with Crippen molar-refractivity contribution >= 4 is 15.9 Å². The SMILES string of the molecule is CCC(C)CC(NC)c1ccc(OC)c(Br)c1OC. The van der Waals surface area contributed by atoms with E-state index in [2.05, 4.69) is 41.2 Å². The van der Waals surface area contributed by atoms with Crippen molar-refractivity contribution in [2.24, 2.45) is 5.92 Å². The van der Waals surface area contributed by atoms with Gasteiger partial charge < -0.3 is 14.8 Å². The normalized spacial score (nSPS) is 14.0. The van der Waals surface area contributed by atoms with Crippen LogP contribution in [0.5, 0.6) is 11.5 Å². The van der Waals surface area contributed by atoms with Crippen molar-refractivity contribution in [3.63, 3.8) is 0 Å². The minimum atomic E-state index is 0.284. The van der Waals surface area contributed by atoms with Crippen LogP contribution in [-0.4, -0.2) is 21.3 Å². The number of hydrogen-bond acceptors (Lipinski definition) is 3. The molecule has 0 heterocycles. The Morgan fingerprint density at radius 3 is 2.42 bits per heavy atom. The van der Waals surface area contributed by atoms with Crippen LogP contribution in [0.25, 0.3) is 0 Å². The van der Waals surface area contributed by atoms with Crippen LogP contribution >= 0.6 is 15.9 Å². The van der Waals surface area contributed by atoms with Crippen molar-refractivity contribution in [3.05, 3.63) is 22.2 Å². The molecule has 1 aromatic carbocycles. The van der Waals surface area contributed by atoms with E-state index in [9.17, 15) is 0 Å². The Labute approximate surface area is 124 Å². The number of benzene rings is 1. The highest BCUT2D eigenvalue weighted by Crippen LogP contribution is 2.41. The molecule has 0 bridgehead atoms. The fraction of sp³-hybridized carbons (Fsp3) is 0.600. The van der Waals surface area contributed by atoms with Crippen LogP contribution in [0, 0.1) is 5.92 Å². The molecular weight excluding hydrogens is 306 g/mol. The molecular formula is C15H24BrNO2. The molecule has 0 amide bonds. The van der Waals surface area contributed by atoms with Gasteiger partial charge in [0.05, 0.1) is 14.2 Å². The first-order valence-electron chi connectivity index (χ1n) is 6.66. The zero-order valence-corrected chi connectivity index (χ0v) is 14.0. The van der Waals surface area contributed by atoms with Gasteiger partial charge in [0.15, 0.2) is 0 Å². The number of rotatable bonds is 7. The highest BCUT2D eigenvalue weighted by Gasteiger charge is 2.20. The predicted molar refractivity (Wildman–Crippen MR) is 83.1 cm³/mol. The van der Waals surface area contributed by atoms with Gasteiger partial charge in [-0.25, -0.2) is 0 Å². The summed E-state index contributed by atoms with van der Waals surface area (Å²) in [5.74, 6) is 2.31. The standard InChI is InChI=1S/C15H24BrNO2/c1-6-10(2)9-12(17-3)11-7-8-13(18-4)14(16)15(11)19-5/h7-8,10,12,17H,6,9H2,1-5H3. The quantitative estimate of drug-likeness (QED) is 0.814. The lowest BCUT2D eigenvalue weighted by atomic mass is 9.93. The van der Waals surface area contributed by atoms with E-state index in [0.717, 1.165) is 28.0 Å². The fourth-order valence-electron chi connectivity index (χ4n) is 2.16. The van der Waals surface area contributed by atoms with E-state index in [4.69, 9.17) is 9.47 Å². The molecule has 0 fully saturated rings. The zero-order valence-electron chi connectivity index (χ0n) is 12.4. The summed E-state index contributed by atoms with van der Waals surface area (Å²) in [6.07, 6.45) is 2.26. The van der Waals surface area contributed by atoms with Crippen molar-refractivity contribution in [3.8, 4) is 11.5 Å². The third-order valence-electron chi connectivity index (χ3n) is 3.58. The smallest absolute Gasteiger partial charge is 0.141 e. The van der Waals surface area contributed by atoms with E-state index in [1.54, 1.807) is 14.2 Å². The van der Waals surface area contributed by atoms with Gasteiger partial charge in [0.1, 0.15) is 16.0 Å². The Morgan fingerprint density at radius 1 is 1.26 bits per heavy atom. The lowest BCUT2D eigenvalue weighted by Crippen LogP contribution is -2.19. The highest BCUT2D eigenvalue weighted by molar-refractivity contribution is 9.10.